The van der Waals surface area contributed by atoms with E-state index in [0.717, 1.165) is 45.3 Å². The van der Waals surface area contributed by atoms with E-state index in [2.05, 4.69) is 17.0 Å². The normalized spacial score (nSPS) is 15.8. The number of ether oxygens (including phenoxy) is 2. The number of likely N-dealkylation sites (tertiary alicyclic amines) is 1. The predicted molar refractivity (Wildman–Crippen MR) is 115 cm³/mol. The molecule has 3 heterocycles. The molecule has 0 radical (unpaired) electrons. The fourth-order valence-electron chi connectivity index (χ4n) is 4.13. The molecule has 0 saturated carbocycles. The van der Waals surface area contributed by atoms with Gasteiger partial charge in [0.05, 0.1) is 13.2 Å². The van der Waals surface area contributed by atoms with Crippen LogP contribution in [-0.2, 0) is 11.3 Å². The topological polar surface area (TPSA) is 21.7 Å². The van der Waals surface area contributed by atoms with Crippen molar-refractivity contribution in [3.8, 4) is 33.1 Å². The molecule has 1 saturated heterocycles. The minimum atomic E-state index is -0.253. The summed E-state index contributed by atoms with van der Waals surface area (Å²) in [4.78, 5) is 4.68. The summed E-state index contributed by atoms with van der Waals surface area (Å²) >= 11 is 1.66. The molecule has 2 aromatic carbocycles. The number of rotatable bonds is 5. The van der Waals surface area contributed by atoms with Gasteiger partial charge in [0.15, 0.2) is 0 Å². The van der Waals surface area contributed by atoms with Gasteiger partial charge in [-0.15, -0.1) is 11.3 Å². The molecule has 0 aliphatic carbocycles. The second kappa shape index (κ2) is 8.27. The van der Waals surface area contributed by atoms with E-state index in [0.29, 0.717) is 12.4 Å². The molecular weight excluding hydrogens is 385 g/mol. The quantitative estimate of drug-likeness (QED) is 0.360. The zero-order chi connectivity index (χ0) is 19.6. The molecule has 0 spiro atoms. The molecule has 1 aromatic heterocycles. The molecule has 0 unspecified atom stereocenters. The van der Waals surface area contributed by atoms with Crippen LogP contribution >= 0.6 is 11.3 Å². The van der Waals surface area contributed by atoms with E-state index in [1.165, 1.54) is 38.4 Å². The highest BCUT2D eigenvalue weighted by molar-refractivity contribution is 7.16. The van der Waals surface area contributed by atoms with Crippen molar-refractivity contribution in [1.82, 2.24) is 4.90 Å². The van der Waals surface area contributed by atoms with Crippen LogP contribution in [-0.4, -0.2) is 31.1 Å². The summed E-state index contributed by atoms with van der Waals surface area (Å²) in [5.41, 5.74) is 2.93. The van der Waals surface area contributed by atoms with Crippen molar-refractivity contribution in [3.63, 3.8) is 0 Å². The molecule has 2 aliphatic rings. The molecule has 1 fully saturated rings. The maximum absolute atomic E-state index is 14.0. The molecule has 2 aliphatic heterocycles. The summed E-state index contributed by atoms with van der Waals surface area (Å²) < 4.78 is 26.1. The van der Waals surface area contributed by atoms with E-state index >= 15 is 0 Å². The number of hydrogen-bond acceptors (Lipinski definition) is 4. The highest BCUT2D eigenvalue weighted by Crippen LogP contribution is 2.50. The first kappa shape index (κ1) is 18.8. The van der Waals surface area contributed by atoms with Crippen molar-refractivity contribution >= 4 is 11.3 Å². The Hall–Kier alpha value is -2.21. The third kappa shape index (κ3) is 3.95. The number of thiophene rings is 1. The van der Waals surface area contributed by atoms with Crippen LogP contribution in [0.1, 0.15) is 24.1 Å². The average Bonchev–Trinajstić information content (AvgIpc) is 3.12. The van der Waals surface area contributed by atoms with Crippen LogP contribution in [0.5, 0.6) is 11.5 Å². The Morgan fingerprint density at radius 1 is 0.931 bits per heavy atom. The van der Waals surface area contributed by atoms with Gasteiger partial charge in [0.25, 0.3) is 0 Å². The summed E-state index contributed by atoms with van der Waals surface area (Å²) in [6, 6.07) is 14.9. The molecule has 0 bridgehead atoms. The smallest absolute Gasteiger partial charge is 0.136 e. The Kier molecular flexibility index (Phi) is 5.36. The SMILES string of the molecule is Fc1ccc2c(c1)-c1sc(COCCN3CCCCC3)cc1-c1ccccc1O2. The lowest BCUT2D eigenvalue weighted by atomic mass is 10.0. The third-order valence-corrected chi connectivity index (χ3v) is 6.75. The van der Waals surface area contributed by atoms with Gasteiger partial charge in [0.2, 0.25) is 0 Å². The minimum Gasteiger partial charge on any atom is -0.456 e. The van der Waals surface area contributed by atoms with E-state index in [-0.39, 0.29) is 5.82 Å². The molecule has 3 aromatic rings. The van der Waals surface area contributed by atoms with Gasteiger partial charge in [0, 0.05) is 33.0 Å². The summed E-state index contributed by atoms with van der Waals surface area (Å²) in [5.74, 6) is 1.24. The van der Waals surface area contributed by atoms with Gasteiger partial charge in [-0.1, -0.05) is 24.6 Å². The number of para-hydroxylation sites is 1. The highest BCUT2D eigenvalue weighted by Gasteiger charge is 2.23. The maximum atomic E-state index is 14.0. The lowest BCUT2D eigenvalue weighted by Crippen LogP contribution is -2.32. The lowest BCUT2D eigenvalue weighted by molar-refractivity contribution is 0.0878. The average molecular weight is 410 g/mol. The second-order valence-corrected chi connectivity index (χ2v) is 8.79. The molecule has 150 valence electrons. The molecule has 0 N–H and O–H groups in total. The molecule has 5 heteroatoms. The number of benzene rings is 2. The largest absolute Gasteiger partial charge is 0.456 e. The summed E-state index contributed by atoms with van der Waals surface area (Å²) in [6.45, 7) is 4.70. The Balaban J connectivity index is 1.39. The van der Waals surface area contributed by atoms with E-state index in [1.807, 2.05) is 18.2 Å². The molecule has 0 amide bonds. The monoisotopic (exact) mass is 409 g/mol. The van der Waals surface area contributed by atoms with Crippen LogP contribution in [0.4, 0.5) is 4.39 Å². The molecule has 5 rings (SSSR count). The maximum Gasteiger partial charge on any atom is 0.136 e. The summed E-state index contributed by atoms with van der Waals surface area (Å²) in [6.07, 6.45) is 3.95. The van der Waals surface area contributed by atoms with Gasteiger partial charge >= 0.3 is 0 Å². The Morgan fingerprint density at radius 2 is 1.76 bits per heavy atom. The Bertz CT molecular complexity index is 1010. The highest BCUT2D eigenvalue weighted by atomic mass is 32.1. The van der Waals surface area contributed by atoms with Crippen LogP contribution < -0.4 is 4.74 Å². The summed E-state index contributed by atoms with van der Waals surface area (Å²) in [7, 11) is 0. The van der Waals surface area contributed by atoms with Gasteiger partial charge in [-0.2, -0.15) is 0 Å². The van der Waals surface area contributed by atoms with Gasteiger partial charge in [-0.3, -0.25) is 0 Å². The Morgan fingerprint density at radius 3 is 2.66 bits per heavy atom. The van der Waals surface area contributed by atoms with Crippen molar-refractivity contribution in [2.24, 2.45) is 0 Å². The van der Waals surface area contributed by atoms with Crippen molar-refractivity contribution in [2.75, 3.05) is 26.2 Å². The van der Waals surface area contributed by atoms with Crippen molar-refractivity contribution in [1.29, 1.82) is 0 Å². The van der Waals surface area contributed by atoms with Gasteiger partial charge in [-0.05, 0) is 56.3 Å². The molecule has 0 atom stereocenters. The molecular formula is C24H24FNO2S. The standard InChI is InChI=1S/C24H24FNO2S/c25-17-8-9-23-21(14-17)24-20(19-6-2-3-7-22(19)28-23)15-18(29-24)16-27-13-12-26-10-4-1-5-11-26/h2-3,6-9,14-15H,1,4-5,10-13,16H2. The zero-order valence-electron chi connectivity index (χ0n) is 16.3. The van der Waals surface area contributed by atoms with Crippen molar-refractivity contribution in [2.45, 2.75) is 25.9 Å². The third-order valence-electron chi connectivity index (χ3n) is 5.61. The lowest BCUT2D eigenvalue weighted by Gasteiger charge is -2.26. The van der Waals surface area contributed by atoms with E-state index in [4.69, 9.17) is 9.47 Å². The van der Waals surface area contributed by atoms with Crippen LogP contribution in [0, 0.1) is 5.82 Å². The number of halogens is 1. The summed E-state index contributed by atoms with van der Waals surface area (Å²) in [5, 5.41) is 0. The van der Waals surface area contributed by atoms with E-state index < -0.39 is 0 Å². The fourth-order valence-corrected chi connectivity index (χ4v) is 5.26. The first-order valence-corrected chi connectivity index (χ1v) is 11.1. The van der Waals surface area contributed by atoms with Crippen LogP contribution in [0.2, 0.25) is 0 Å². The first-order chi connectivity index (χ1) is 14.3. The predicted octanol–water partition coefficient (Wildman–Crippen LogP) is 6.33. The number of hydrogen-bond donors (Lipinski definition) is 0. The van der Waals surface area contributed by atoms with Gasteiger partial charge < -0.3 is 14.4 Å². The van der Waals surface area contributed by atoms with Crippen molar-refractivity contribution in [3.05, 3.63) is 59.2 Å². The van der Waals surface area contributed by atoms with Gasteiger partial charge in [0.1, 0.15) is 17.3 Å². The van der Waals surface area contributed by atoms with E-state index in [9.17, 15) is 4.39 Å². The second-order valence-electron chi connectivity index (χ2n) is 7.65. The Labute approximate surface area is 174 Å². The fraction of sp³-hybridized carbons (Fsp3) is 0.333. The van der Waals surface area contributed by atoms with Crippen molar-refractivity contribution < 1.29 is 13.9 Å². The zero-order valence-corrected chi connectivity index (χ0v) is 17.1. The molecule has 29 heavy (non-hydrogen) atoms. The number of fused-ring (bicyclic) bond motifs is 5. The molecule has 3 nitrogen and oxygen atoms in total. The van der Waals surface area contributed by atoms with Crippen LogP contribution in [0.15, 0.2) is 48.5 Å². The van der Waals surface area contributed by atoms with Crippen LogP contribution in [0.3, 0.4) is 0 Å². The number of nitrogens with zero attached hydrogens (tertiary/aromatic N) is 1. The number of piperidine rings is 1. The first-order valence-electron chi connectivity index (χ1n) is 10.3. The van der Waals surface area contributed by atoms with E-state index in [1.54, 1.807) is 23.5 Å². The van der Waals surface area contributed by atoms with Crippen LogP contribution in [0.25, 0.3) is 21.6 Å². The van der Waals surface area contributed by atoms with Gasteiger partial charge in [-0.25, -0.2) is 4.39 Å². The minimum absolute atomic E-state index is 0.253.